The molecule has 0 saturated carbocycles. The van der Waals surface area contributed by atoms with Gasteiger partial charge in [-0.25, -0.2) is 0 Å². The van der Waals surface area contributed by atoms with E-state index < -0.39 is 17.7 Å². The van der Waals surface area contributed by atoms with Crippen molar-refractivity contribution in [1.82, 2.24) is 4.98 Å². The van der Waals surface area contributed by atoms with Gasteiger partial charge in [0, 0.05) is 11.6 Å². The predicted octanol–water partition coefficient (Wildman–Crippen LogP) is 8.03. The van der Waals surface area contributed by atoms with Crippen LogP contribution >= 0.6 is 0 Å². The van der Waals surface area contributed by atoms with E-state index in [1.54, 1.807) is 36.5 Å². The van der Waals surface area contributed by atoms with Crippen molar-refractivity contribution in [2.24, 2.45) is 0 Å². The lowest BCUT2D eigenvalue weighted by atomic mass is 9.91. The molecule has 4 nitrogen and oxygen atoms in total. The maximum absolute atomic E-state index is 13.9. The van der Waals surface area contributed by atoms with Crippen molar-refractivity contribution in [2.45, 2.75) is 32.5 Å². The van der Waals surface area contributed by atoms with Gasteiger partial charge in [-0.2, -0.15) is 13.2 Å². The van der Waals surface area contributed by atoms with Crippen molar-refractivity contribution in [2.75, 3.05) is 0 Å². The lowest BCUT2D eigenvalue weighted by Crippen LogP contribution is -2.07. The minimum Gasteiger partial charge on any atom is -0.489 e. The predicted molar refractivity (Wildman–Crippen MR) is 148 cm³/mol. The van der Waals surface area contributed by atoms with E-state index in [1.165, 1.54) is 6.07 Å². The number of nitrogens with zero attached hydrogens (tertiary/aromatic N) is 1. The second-order valence-corrected chi connectivity index (χ2v) is 9.67. The molecule has 0 bridgehead atoms. The second kappa shape index (κ2) is 11.2. The van der Waals surface area contributed by atoms with E-state index in [9.17, 15) is 18.0 Å². The zero-order chi connectivity index (χ0) is 28.3. The van der Waals surface area contributed by atoms with Gasteiger partial charge in [-0.15, -0.1) is 0 Å². The summed E-state index contributed by atoms with van der Waals surface area (Å²) >= 11 is 0. The Morgan fingerprint density at radius 1 is 0.875 bits per heavy atom. The van der Waals surface area contributed by atoms with Crippen LogP contribution in [0.3, 0.4) is 0 Å². The number of ether oxygens (including phenoxy) is 1. The van der Waals surface area contributed by atoms with Crippen LogP contribution in [0.25, 0.3) is 22.0 Å². The van der Waals surface area contributed by atoms with Gasteiger partial charge in [0.2, 0.25) is 0 Å². The molecule has 0 amide bonds. The third-order valence-electron chi connectivity index (χ3n) is 6.80. The van der Waals surface area contributed by atoms with E-state index in [-0.39, 0.29) is 18.5 Å². The molecule has 0 unspecified atom stereocenters. The molecule has 4 aromatic carbocycles. The first-order valence-corrected chi connectivity index (χ1v) is 12.7. The van der Waals surface area contributed by atoms with Crippen LogP contribution in [0.15, 0.2) is 97.2 Å². The van der Waals surface area contributed by atoms with Gasteiger partial charge < -0.3 is 9.84 Å². The van der Waals surface area contributed by atoms with Crippen LogP contribution in [0.5, 0.6) is 5.75 Å². The molecule has 7 heteroatoms. The number of rotatable bonds is 8. The zero-order valence-corrected chi connectivity index (χ0v) is 21.7. The van der Waals surface area contributed by atoms with Gasteiger partial charge in [-0.05, 0) is 70.5 Å². The number of hydrogen-bond acceptors (Lipinski definition) is 3. The Bertz CT molecular complexity index is 1690. The summed E-state index contributed by atoms with van der Waals surface area (Å²) in [5, 5.41) is 9.49. The van der Waals surface area contributed by atoms with Crippen molar-refractivity contribution in [3.05, 3.63) is 131 Å². The number of pyridine rings is 1. The number of halogens is 3. The smallest absolute Gasteiger partial charge is 0.418 e. The summed E-state index contributed by atoms with van der Waals surface area (Å²) < 4.78 is 47.7. The third kappa shape index (κ3) is 5.99. The molecule has 0 atom stereocenters. The molecule has 1 heterocycles. The van der Waals surface area contributed by atoms with Gasteiger partial charge in [-0.3, -0.25) is 9.78 Å². The highest BCUT2D eigenvalue weighted by molar-refractivity contribution is 5.98. The maximum atomic E-state index is 13.9. The van der Waals surface area contributed by atoms with E-state index >= 15 is 0 Å². The molecule has 1 aromatic heterocycles. The zero-order valence-electron chi connectivity index (χ0n) is 21.7. The number of carboxylic acid groups (broad SMARTS) is 1. The highest BCUT2D eigenvalue weighted by Gasteiger charge is 2.33. The number of hydrogen-bond donors (Lipinski definition) is 1. The monoisotopic (exact) mass is 541 g/mol. The number of carboxylic acids is 1. The molecule has 40 heavy (non-hydrogen) atoms. The fourth-order valence-electron chi connectivity index (χ4n) is 4.89. The van der Waals surface area contributed by atoms with Gasteiger partial charge in [0.25, 0.3) is 0 Å². The van der Waals surface area contributed by atoms with Crippen LogP contribution in [0, 0.1) is 6.92 Å². The maximum Gasteiger partial charge on any atom is 0.418 e. The molecule has 202 valence electrons. The Morgan fingerprint density at radius 3 is 2.40 bits per heavy atom. The summed E-state index contributed by atoms with van der Waals surface area (Å²) in [5.74, 6) is -0.370. The molecule has 0 aliphatic rings. The van der Waals surface area contributed by atoms with Crippen LogP contribution < -0.4 is 4.74 Å². The Kier molecular flexibility index (Phi) is 7.56. The van der Waals surface area contributed by atoms with E-state index in [2.05, 4.69) is 4.98 Å². The summed E-state index contributed by atoms with van der Waals surface area (Å²) in [6.45, 7) is 2.22. The Hall–Kier alpha value is -4.65. The number of fused-ring (bicyclic) bond motifs is 1. The Morgan fingerprint density at radius 2 is 1.62 bits per heavy atom. The molecular weight excluding hydrogens is 515 g/mol. The van der Waals surface area contributed by atoms with E-state index in [4.69, 9.17) is 9.84 Å². The average molecular weight is 542 g/mol. The largest absolute Gasteiger partial charge is 0.489 e. The third-order valence-corrected chi connectivity index (χ3v) is 6.80. The van der Waals surface area contributed by atoms with E-state index in [1.807, 2.05) is 55.5 Å². The minimum atomic E-state index is -4.54. The van der Waals surface area contributed by atoms with Crippen molar-refractivity contribution >= 4 is 16.9 Å². The molecule has 1 N–H and O–H groups in total. The Balaban J connectivity index is 1.56. The number of aryl methyl sites for hydroxylation is 1. The Labute approximate surface area is 229 Å². The van der Waals surface area contributed by atoms with Gasteiger partial charge in [0.1, 0.15) is 12.4 Å². The molecule has 0 saturated heterocycles. The van der Waals surface area contributed by atoms with Gasteiger partial charge >= 0.3 is 12.1 Å². The lowest BCUT2D eigenvalue weighted by Gasteiger charge is -2.17. The summed E-state index contributed by atoms with van der Waals surface area (Å²) in [5.41, 5.74) is 4.95. The van der Waals surface area contributed by atoms with Gasteiger partial charge in [-0.1, -0.05) is 72.8 Å². The number of benzene rings is 4. The van der Waals surface area contributed by atoms with Crippen molar-refractivity contribution in [3.63, 3.8) is 0 Å². The molecule has 0 aliphatic heterocycles. The molecule has 0 radical (unpaired) electrons. The van der Waals surface area contributed by atoms with Crippen LogP contribution in [-0.2, 0) is 30.4 Å². The fraction of sp³-hybridized carbons (Fsp3) is 0.152. The van der Waals surface area contributed by atoms with E-state index in [0.717, 1.165) is 28.3 Å². The summed E-state index contributed by atoms with van der Waals surface area (Å²) in [4.78, 5) is 15.4. The van der Waals surface area contributed by atoms with Gasteiger partial charge in [0.15, 0.2) is 0 Å². The highest BCUT2D eigenvalue weighted by Crippen LogP contribution is 2.39. The number of carbonyl (C=O) groups is 1. The van der Waals surface area contributed by atoms with Crippen LogP contribution in [-0.4, -0.2) is 16.1 Å². The number of aromatic nitrogens is 1. The first kappa shape index (κ1) is 26.9. The van der Waals surface area contributed by atoms with Crippen LogP contribution in [0.2, 0.25) is 0 Å². The highest BCUT2D eigenvalue weighted by atomic mass is 19.4. The standard InChI is InChI=1S/C33H26F3NO3/c1-21-7-2-3-10-24(21)17-26-19-37-32-28(13-6-14-29(32)33(34,35)36)31(26)25-11-5-12-27(18-25)40-20-23-9-4-8-22(15-23)16-30(38)39/h2-15,18-19H,16-17,20H2,1H3,(H,38,39). The lowest BCUT2D eigenvalue weighted by molar-refractivity contribution is -0.137. The summed E-state index contributed by atoms with van der Waals surface area (Å²) in [7, 11) is 0. The topological polar surface area (TPSA) is 59.4 Å². The van der Waals surface area contributed by atoms with Gasteiger partial charge in [0.05, 0.1) is 17.5 Å². The normalized spacial score (nSPS) is 11.5. The number of para-hydroxylation sites is 1. The molecule has 0 aliphatic carbocycles. The molecule has 5 aromatic rings. The van der Waals surface area contributed by atoms with Crippen LogP contribution in [0.4, 0.5) is 13.2 Å². The van der Waals surface area contributed by atoms with Crippen molar-refractivity contribution in [3.8, 4) is 16.9 Å². The molecule has 0 fully saturated rings. The minimum absolute atomic E-state index is 0.0813. The van der Waals surface area contributed by atoms with Crippen molar-refractivity contribution < 1.29 is 27.8 Å². The average Bonchev–Trinajstić information content (AvgIpc) is 2.92. The summed E-state index contributed by atoms with van der Waals surface area (Å²) in [6.07, 6.45) is -2.58. The molecular formula is C33H26F3NO3. The van der Waals surface area contributed by atoms with Crippen molar-refractivity contribution in [1.29, 1.82) is 0 Å². The molecule has 0 spiro atoms. The number of alkyl halides is 3. The molecule has 5 rings (SSSR count). The second-order valence-electron chi connectivity index (χ2n) is 9.67. The van der Waals surface area contributed by atoms with E-state index in [0.29, 0.717) is 34.2 Å². The quantitative estimate of drug-likeness (QED) is 0.216. The number of aliphatic carboxylic acids is 1. The summed E-state index contributed by atoms with van der Waals surface area (Å²) in [6, 6.07) is 26.5. The van der Waals surface area contributed by atoms with Crippen LogP contribution in [0.1, 0.15) is 33.4 Å². The first-order chi connectivity index (χ1) is 19.2. The fourth-order valence-corrected chi connectivity index (χ4v) is 4.89. The SMILES string of the molecule is Cc1ccccc1Cc1cnc2c(C(F)(F)F)cccc2c1-c1cccc(OCc2cccc(CC(=O)O)c2)c1. The first-order valence-electron chi connectivity index (χ1n) is 12.7.